The quantitative estimate of drug-likeness (QED) is 0.721. The Morgan fingerprint density at radius 3 is 2.38 bits per heavy atom. The number of likely N-dealkylation sites (N-methyl/N-ethyl adjacent to an activating group) is 1. The minimum absolute atomic E-state index is 0.105. The molecule has 1 heterocycles. The summed E-state index contributed by atoms with van der Waals surface area (Å²) in [5, 5.41) is 0. The minimum Gasteiger partial charge on any atom is -0.343 e. The highest BCUT2D eigenvalue weighted by Crippen LogP contribution is 2.25. The predicted octanol–water partition coefficient (Wildman–Crippen LogP) is 0.279. The van der Waals surface area contributed by atoms with Crippen molar-refractivity contribution in [3.63, 3.8) is 0 Å². The second-order valence-corrected chi connectivity index (χ2v) is 6.69. The molecular weight excluding hydrogens is 228 g/mol. The van der Waals surface area contributed by atoms with Crippen LogP contribution in [-0.2, 0) is 14.8 Å². The topological polar surface area (TPSA) is 57.7 Å². The zero-order valence-corrected chi connectivity index (χ0v) is 11.2. The van der Waals surface area contributed by atoms with Crippen molar-refractivity contribution in [2.24, 2.45) is 0 Å². The van der Waals surface area contributed by atoms with Crippen LogP contribution in [-0.4, -0.2) is 55.0 Å². The molecule has 0 radical (unpaired) electrons. The third-order valence-electron chi connectivity index (χ3n) is 2.93. The van der Waals surface area contributed by atoms with Gasteiger partial charge >= 0.3 is 0 Å². The lowest BCUT2D eigenvalue weighted by Crippen LogP contribution is -2.63. The molecule has 0 N–H and O–H groups in total. The lowest BCUT2D eigenvalue weighted by Gasteiger charge is -2.43. The molecule has 1 saturated heterocycles. The van der Waals surface area contributed by atoms with Crippen LogP contribution in [0.15, 0.2) is 0 Å². The van der Waals surface area contributed by atoms with Gasteiger partial charge in [0.05, 0.1) is 5.75 Å². The van der Waals surface area contributed by atoms with Crippen molar-refractivity contribution in [2.75, 3.05) is 25.9 Å². The number of carbonyl (C=O) groups is 1. The first kappa shape index (κ1) is 13.4. The van der Waals surface area contributed by atoms with Crippen molar-refractivity contribution in [3.05, 3.63) is 0 Å². The molecule has 0 aliphatic carbocycles. The van der Waals surface area contributed by atoms with Crippen LogP contribution in [0.2, 0.25) is 0 Å². The van der Waals surface area contributed by atoms with Crippen molar-refractivity contribution in [2.45, 2.75) is 32.7 Å². The molecule has 1 rings (SSSR count). The predicted molar refractivity (Wildman–Crippen MR) is 62.5 cm³/mol. The summed E-state index contributed by atoms with van der Waals surface area (Å²) >= 11 is 0. The Morgan fingerprint density at radius 2 is 1.88 bits per heavy atom. The fourth-order valence-corrected chi connectivity index (χ4v) is 3.92. The molecule has 16 heavy (non-hydrogen) atoms. The molecule has 1 fully saturated rings. The van der Waals surface area contributed by atoms with Gasteiger partial charge < -0.3 is 4.90 Å². The normalized spacial score (nSPS) is 22.5. The van der Waals surface area contributed by atoms with Gasteiger partial charge in [0, 0.05) is 20.1 Å². The number of hydrogen-bond donors (Lipinski definition) is 0. The first-order chi connectivity index (χ1) is 7.23. The number of piperazine rings is 1. The van der Waals surface area contributed by atoms with Crippen LogP contribution in [0.25, 0.3) is 0 Å². The molecule has 0 saturated carbocycles. The van der Waals surface area contributed by atoms with Gasteiger partial charge in [-0.05, 0) is 20.3 Å². The van der Waals surface area contributed by atoms with E-state index in [1.165, 1.54) is 4.31 Å². The first-order valence-corrected chi connectivity index (χ1v) is 7.10. The zero-order valence-electron chi connectivity index (χ0n) is 10.4. The van der Waals surface area contributed by atoms with Gasteiger partial charge in [0.25, 0.3) is 0 Å². The average Bonchev–Trinajstić information content (AvgIpc) is 2.13. The van der Waals surface area contributed by atoms with E-state index < -0.39 is 15.6 Å². The summed E-state index contributed by atoms with van der Waals surface area (Å²) in [4.78, 5) is 13.5. The molecule has 0 aromatic carbocycles. The van der Waals surface area contributed by atoms with E-state index in [0.29, 0.717) is 19.5 Å². The monoisotopic (exact) mass is 248 g/mol. The Labute approximate surface area is 97.5 Å². The Bertz CT molecular complexity index is 376. The number of nitrogens with zero attached hydrogens (tertiary/aromatic N) is 2. The van der Waals surface area contributed by atoms with Gasteiger partial charge in [0.15, 0.2) is 0 Å². The van der Waals surface area contributed by atoms with Crippen molar-refractivity contribution in [3.8, 4) is 0 Å². The SMILES string of the molecule is CCCS(=O)(=O)N1CCN(C)C(=O)C1(C)C. The lowest BCUT2D eigenvalue weighted by atomic mass is 10.0. The van der Waals surface area contributed by atoms with Gasteiger partial charge in [0.2, 0.25) is 15.9 Å². The number of sulfonamides is 1. The Kier molecular flexibility index (Phi) is 3.64. The second-order valence-electron chi connectivity index (χ2n) is 4.67. The van der Waals surface area contributed by atoms with Gasteiger partial charge in [-0.25, -0.2) is 8.42 Å². The minimum atomic E-state index is -3.31. The number of hydrogen-bond acceptors (Lipinski definition) is 3. The highest BCUT2D eigenvalue weighted by molar-refractivity contribution is 7.89. The van der Waals surface area contributed by atoms with E-state index >= 15 is 0 Å². The van der Waals surface area contributed by atoms with Crippen LogP contribution < -0.4 is 0 Å². The maximum Gasteiger partial charge on any atom is 0.243 e. The second kappa shape index (κ2) is 4.33. The standard InChI is InChI=1S/C10H20N2O3S/c1-5-8-16(14,15)12-7-6-11(4)9(13)10(12,2)3/h5-8H2,1-4H3. The average molecular weight is 248 g/mol. The largest absolute Gasteiger partial charge is 0.343 e. The highest BCUT2D eigenvalue weighted by atomic mass is 32.2. The summed E-state index contributed by atoms with van der Waals surface area (Å²) in [7, 11) is -1.61. The van der Waals surface area contributed by atoms with E-state index in [1.54, 1.807) is 25.8 Å². The van der Waals surface area contributed by atoms with E-state index in [4.69, 9.17) is 0 Å². The Hall–Kier alpha value is -0.620. The number of amides is 1. The molecule has 5 nitrogen and oxygen atoms in total. The molecule has 0 unspecified atom stereocenters. The molecule has 1 aliphatic heterocycles. The fraction of sp³-hybridized carbons (Fsp3) is 0.900. The summed E-state index contributed by atoms with van der Waals surface area (Å²) < 4.78 is 25.4. The van der Waals surface area contributed by atoms with Crippen molar-refractivity contribution >= 4 is 15.9 Å². The number of rotatable bonds is 3. The van der Waals surface area contributed by atoms with Crippen LogP contribution >= 0.6 is 0 Å². The van der Waals surface area contributed by atoms with Crippen LogP contribution in [0, 0.1) is 0 Å². The maximum absolute atomic E-state index is 12.0. The Balaban J connectivity index is 3.03. The van der Waals surface area contributed by atoms with Crippen LogP contribution in [0.3, 0.4) is 0 Å². The van der Waals surface area contributed by atoms with E-state index in [1.807, 2.05) is 6.92 Å². The van der Waals surface area contributed by atoms with Crippen molar-refractivity contribution < 1.29 is 13.2 Å². The third kappa shape index (κ3) is 2.22. The summed E-state index contributed by atoms with van der Waals surface area (Å²) in [5.74, 6) is -0.0358. The molecule has 0 atom stereocenters. The van der Waals surface area contributed by atoms with Gasteiger partial charge in [-0.3, -0.25) is 4.79 Å². The fourth-order valence-electron chi connectivity index (χ4n) is 2.05. The molecule has 1 amide bonds. The summed E-state index contributed by atoms with van der Waals surface area (Å²) in [6, 6.07) is 0. The lowest BCUT2D eigenvalue weighted by molar-refractivity contribution is -0.142. The molecule has 94 valence electrons. The molecule has 6 heteroatoms. The molecule has 0 spiro atoms. The summed E-state index contributed by atoms with van der Waals surface area (Å²) in [6.45, 7) is 6.00. The number of carbonyl (C=O) groups excluding carboxylic acids is 1. The summed E-state index contributed by atoms with van der Waals surface area (Å²) in [5.41, 5.74) is -0.957. The molecule has 0 bridgehead atoms. The highest BCUT2D eigenvalue weighted by Gasteiger charge is 2.45. The van der Waals surface area contributed by atoms with E-state index in [-0.39, 0.29) is 11.7 Å². The molecular formula is C10H20N2O3S. The smallest absolute Gasteiger partial charge is 0.243 e. The molecule has 1 aliphatic rings. The van der Waals surface area contributed by atoms with Gasteiger partial charge in [-0.2, -0.15) is 4.31 Å². The van der Waals surface area contributed by atoms with Crippen molar-refractivity contribution in [1.82, 2.24) is 9.21 Å². The van der Waals surface area contributed by atoms with Crippen LogP contribution in [0.5, 0.6) is 0 Å². The van der Waals surface area contributed by atoms with Crippen molar-refractivity contribution in [1.29, 1.82) is 0 Å². The van der Waals surface area contributed by atoms with Crippen LogP contribution in [0.1, 0.15) is 27.2 Å². The summed E-state index contributed by atoms with van der Waals surface area (Å²) in [6.07, 6.45) is 0.568. The maximum atomic E-state index is 12.0. The Morgan fingerprint density at radius 1 is 1.31 bits per heavy atom. The third-order valence-corrected chi connectivity index (χ3v) is 5.16. The van der Waals surface area contributed by atoms with E-state index in [0.717, 1.165) is 0 Å². The van der Waals surface area contributed by atoms with Gasteiger partial charge in [-0.1, -0.05) is 6.92 Å². The van der Waals surface area contributed by atoms with E-state index in [2.05, 4.69) is 0 Å². The molecule has 0 aromatic heterocycles. The zero-order chi connectivity index (χ0) is 12.6. The van der Waals surface area contributed by atoms with Gasteiger partial charge in [0.1, 0.15) is 5.54 Å². The van der Waals surface area contributed by atoms with Crippen LogP contribution in [0.4, 0.5) is 0 Å². The first-order valence-electron chi connectivity index (χ1n) is 5.49. The van der Waals surface area contributed by atoms with Gasteiger partial charge in [-0.15, -0.1) is 0 Å². The van der Waals surface area contributed by atoms with E-state index in [9.17, 15) is 13.2 Å². The molecule has 0 aromatic rings.